The van der Waals surface area contributed by atoms with Gasteiger partial charge in [0.25, 0.3) is 0 Å². The number of hydrogen-bond donors (Lipinski definition) is 1. The lowest BCUT2D eigenvalue weighted by Gasteiger charge is -2.25. The fourth-order valence-electron chi connectivity index (χ4n) is 3.58. The van der Waals surface area contributed by atoms with E-state index in [1.54, 1.807) is 19.1 Å². The van der Waals surface area contributed by atoms with Crippen LogP contribution < -0.4 is 10.2 Å². The summed E-state index contributed by atoms with van der Waals surface area (Å²) in [6, 6.07) is 10.1. The van der Waals surface area contributed by atoms with Gasteiger partial charge in [-0.1, -0.05) is 53.0 Å². The number of allylic oxidation sites excluding steroid dienone is 1. The number of nitrogens with zero attached hydrogens (tertiary/aromatic N) is 1. The Bertz CT molecular complexity index is 1120. The monoisotopic (exact) mass is 586 g/mol. The van der Waals surface area contributed by atoms with E-state index in [0.717, 1.165) is 5.56 Å². The number of thioether (sulfide) groups is 1. The van der Waals surface area contributed by atoms with Crippen LogP contribution in [0.3, 0.4) is 0 Å². The molecule has 0 aliphatic heterocycles. The molecule has 0 spiro atoms. The smallest absolute Gasteiger partial charge is 0.248 e. The molecule has 38 heavy (non-hydrogen) atoms. The van der Waals surface area contributed by atoms with E-state index in [-0.39, 0.29) is 35.8 Å². The fraction of sp³-hybridized carbons (Fsp3) is 0.429. The largest absolute Gasteiger partial charge is 0.457 e. The van der Waals surface area contributed by atoms with Gasteiger partial charge in [-0.05, 0) is 50.2 Å². The van der Waals surface area contributed by atoms with E-state index in [4.69, 9.17) is 16.3 Å². The highest BCUT2D eigenvalue weighted by Crippen LogP contribution is 2.36. The predicted molar refractivity (Wildman–Crippen MR) is 156 cm³/mol. The molecule has 0 fully saturated rings. The van der Waals surface area contributed by atoms with Gasteiger partial charge in [-0.3, -0.25) is 4.79 Å². The van der Waals surface area contributed by atoms with Crippen molar-refractivity contribution >= 4 is 49.8 Å². The summed E-state index contributed by atoms with van der Waals surface area (Å²) in [6.07, 6.45) is 0.371. The molecule has 0 aliphatic rings. The first kappa shape index (κ1) is 32.2. The molecule has 208 valence electrons. The van der Waals surface area contributed by atoms with Gasteiger partial charge in [0, 0.05) is 40.5 Å². The highest BCUT2D eigenvalue weighted by Gasteiger charge is 2.32. The van der Waals surface area contributed by atoms with Gasteiger partial charge < -0.3 is 15.0 Å². The van der Waals surface area contributed by atoms with Crippen molar-refractivity contribution < 1.29 is 22.7 Å². The van der Waals surface area contributed by atoms with Crippen LogP contribution in [0.4, 0.5) is 18.9 Å². The van der Waals surface area contributed by atoms with Crippen molar-refractivity contribution in [3.8, 4) is 0 Å². The van der Waals surface area contributed by atoms with Gasteiger partial charge in [-0.15, -0.1) is 11.8 Å². The number of carbonyl (C=O) groups is 1. The molecule has 1 N–H and O–H groups in total. The van der Waals surface area contributed by atoms with Gasteiger partial charge in [0.1, 0.15) is 11.6 Å². The summed E-state index contributed by atoms with van der Waals surface area (Å²) in [5.74, 6) is -3.31. The number of rotatable bonds is 16. The molecule has 10 heteroatoms. The van der Waals surface area contributed by atoms with Crippen LogP contribution in [0.5, 0.6) is 0 Å². The molecule has 0 bridgehead atoms. The maximum Gasteiger partial charge on any atom is 0.248 e. The zero-order valence-electron chi connectivity index (χ0n) is 22.1. The van der Waals surface area contributed by atoms with Gasteiger partial charge in [-0.2, -0.15) is 0 Å². The molecule has 1 unspecified atom stereocenters. The third-order valence-electron chi connectivity index (χ3n) is 6.22. The van der Waals surface area contributed by atoms with Crippen LogP contribution in [0.25, 0.3) is 0 Å². The van der Waals surface area contributed by atoms with Crippen LogP contribution in [-0.2, 0) is 16.1 Å². The average Bonchev–Trinajstić information content (AvgIpc) is 2.90. The summed E-state index contributed by atoms with van der Waals surface area (Å²) in [5.41, 5.74) is 1.35. The lowest BCUT2D eigenvalue weighted by atomic mass is 9.95. The van der Waals surface area contributed by atoms with Crippen molar-refractivity contribution in [2.75, 3.05) is 17.7 Å². The molecule has 0 radical (unpaired) electrons. The molecule has 2 aromatic carbocycles. The number of benzene rings is 2. The first-order chi connectivity index (χ1) is 17.9. The molecule has 0 saturated heterocycles. The van der Waals surface area contributed by atoms with Crippen LogP contribution in [0, 0.1) is 11.7 Å². The zero-order valence-corrected chi connectivity index (χ0v) is 24.7. The number of amides is 1. The van der Waals surface area contributed by atoms with Crippen molar-refractivity contribution in [2.45, 2.75) is 63.4 Å². The number of ether oxygens (including phenoxy) is 1. The number of alkyl halides is 2. The van der Waals surface area contributed by atoms with E-state index in [0.29, 0.717) is 34.2 Å². The second-order valence-corrected chi connectivity index (χ2v) is 11.0. The van der Waals surface area contributed by atoms with Crippen LogP contribution >= 0.6 is 32.2 Å². The minimum Gasteiger partial charge on any atom is -0.457 e. The van der Waals surface area contributed by atoms with Crippen molar-refractivity contribution in [2.24, 2.45) is 5.92 Å². The van der Waals surface area contributed by atoms with Crippen LogP contribution in [0.1, 0.15) is 51.2 Å². The number of nitrogens with one attached hydrogen (secondary N) is 1. The van der Waals surface area contributed by atoms with Crippen molar-refractivity contribution in [1.82, 2.24) is 5.32 Å². The third-order valence-corrected chi connectivity index (χ3v) is 8.15. The Morgan fingerprint density at radius 1 is 1.29 bits per heavy atom. The van der Waals surface area contributed by atoms with Gasteiger partial charge >= 0.3 is 0 Å². The molecular formula is C28H35ClF3N2O2PS. The summed E-state index contributed by atoms with van der Waals surface area (Å²) in [7, 11) is 5.18. The summed E-state index contributed by atoms with van der Waals surface area (Å²) >= 11 is 7.41. The lowest BCUT2D eigenvalue weighted by Crippen LogP contribution is -2.25. The first-order valence-corrected chi connectivity index (χ1v) is 14.2. The van der Waals surface area contributed by atoms with E-state index in [1.165, 1.54) is 35.7 Å². The average molecular weight is 587 g/mol. The topological polar surface area (TPSA) is 41.6 Å². The van der Waals surface area contributed by atoms with Gasteiger partial charge in [0.2, 0.25) is 12.3 Å². The summed E-state index contributed by atoms with van der Waals surface area (Å²) in [4.78, 5) is 14.3. The Morgan fingerprint density at radius 2 is 1.95 bits per heavy atom. The Labute approximate surface area is 235 Å². The van der Waals surface area contributed by atoms with E-state index in [9.17, 15) is 13.6 Å². The molecule has 4 nitrogen and oxygen atoms in total. The van der Waals surface area contributed by atoms with Crippen LogP contribution in [-0.4, -0.2) is 36.7 Å². The number of anilines is 1. The van der Waals surface area contributed by atoms with E-state index in [2.05, 4.69) is 20.8 Å². The van der Waals surface area contributed by atoms with Crippen molar-refractivity contribution in [3.05, 3.63) is 70.7 Å². The molecule has 2 atom stereocenters. The van der Waals surface area contributed by atoms with Crippen LogP contribution in [0.15, 0.2) is 53.6 Å². The van der Waals surface area contributed by atoms with E-state index >= 15 is 4.39 Å². The third kappa shape index (κ3) is 9.33. The first-order valence-electron chi connectivity index (χ1n) is 12.4. The molecule has 0 aliphatic carbocycles. The summed E-state index contributed by atoms with van der Waals surface area (Å²) in [6.45, 7) is 9.26. The number of carbonyl (C=O) groups excluding carboxylic acids is 1. The second kappa shape index (κ2) is 15.0. The van der Waals surface area contributed by atoms with Gasteiger partial charge in [0.15, 0.2) is 5.48 Å². The zero-order chi connectivity index (χ0) is 28.5. The predicted octanol–water partition coefficient (Wildman–Crippen LogP) is 7.95. The Balaban J connectivity index is 2.41. The van der Waals surface area contributed by atoms with Crippen molar-refractivity contribution in [1.29, 1.82) is 0 Å². The summed E-state index contributed by atoms with van der Waals surface area (Å²) < 4.78 is 49.1. The minimum atomic E-state index is -2.85. The normalized spacial score (nSPS) is 13.1. The molecular weight excluding hydrogens is 552 g/mol. The molecule has 2 rings (SSSR count). The Morgan fingerprint density at radius 3 is 2.50 bits per heavy atom. The standard InChI is InChI=1S/C28H35ClF3N2O2PS/c1-6-21(14-28(31,32)7-2)19(4)36-27(37)23-12-25(26(13-24(23)30)38-16-18(3)33-5)34(17-35)15-20-8-10-22(29)11-9-20/h8-13,17-18,21,33,37H,4,6-7,14-16H2,1-3,5H3/t18-,21?/m1/s1. The van der Waals surface area contributed by atoms with E-state index < -0.39 is 24.1 Å². The Kier molecular flexibility index (Phi) is 12.7. The molecule has 1 amide bonds. The molecule has 2 aromatic rings. The van der Waals surface area contributed by atoms with Gasteiger partial charge in [0.05, 0.1) is 17.8 Å². The number of halogens is 4. The minimum absolute atomic E-state index is 0.00972. The molecule has 0 aromatic heterocycles. The maximum atomic E-state index is 15.4. The van der Waals surface area contributed by atoms with Crippen molar-refractivity contribution in [3.63, 3.8) is 0 Å². The lowest BCUT2D eigenvalue weighted by molar-refractivity contribution is -0.107. The molecule has 0 saturated carbocycles. The second-order valence-electron chi connectivity index (χ2n) is 9.08. The summed E-state index contributed by atoms with van der Waals surface area (Å²) in [5, 5.41) is 3.71. The van der Waals surface area contributed by atoms with Crippen LogP contribution in [0.2, 0.25) is 5.02 Å². The Hall–Kier alpha value is -1.99. The SMILES string of the molecule is C=C(OC(=P)c1cc(N(C=O)Cc2ccc(Cl)cc2)c(SC[C@@H](C)NC)cc1F)C(CC)CC(F)(F)CC. The highest BCUT2D eigenvalue weighted by molar-refractivity contribution is 7.99. The maximum absolute atomic E-state index is 15.4. The quantitative estimate of drug-likeness (QED) is 0.0938. The number of hydrogen-bond acceptors (Lipinski definition) is 4. The van der Waals surface area contributed by atoms with E-state index in [1.807, 2.05) is 26.1 Å². The van der Waals surface area contributed by atoms with Gasteiger partial charge in [-0.25, -0.2) is 13.2 Å². The highest BCUT2D eigenvalue weighted by atomic mass is 35.5. The molecule has 0 heterocycles. The fourth-order valence-corrected chi connectivity index (χ4v) is 5.14.